The maximum Gasteiger partial charge on any atom is 0.162 e. The first-order valence-electron chi connectivity index (χ1n) is 8.03. The highest BCUT2D eigenvalue weighted by Gasteiger charge is 2.17. The van der Waals surface area contributed by atoms with Crippen molar-refractivity contribution in [3.63, 3.8) is 0 Å². The summed E-state index contributed by atoms with van der Waals surface area (Å²) in [5.41, 5.74) is 2.36. The summed E-state index contributed by atoms with van der Waals surface area (Å²) in [6, 6.07) is 5.58. The van der Waals surface area contributed by atoms with Crippen LogP contribution in [0.4, 0.5) is 0 Å². The van der Waals surface area contributed by atoms with Crippen molar-refractivity contribution in [1.29, 1.82) is 0 Å². The molecule has 0 aromatic carbocycles. The Hall–Kier alpha value is -2.27. The minimum atomic E-state index is -0.933. The molecule has 0 atom stereocenters. The Labute approximate surface area is 138 Å². The van der Waals surface area contributed by atoms with Gasteiger partial charge in [-0.3, -0.25) is 4.98 Å². The van der Waals surface area contributed by atoms with Crippen molar-refractivity contribution in [3.8, 4) is 11.1 Å². The average molecular weight is 314 g/mol. The topological polar surface area (TPSA) is 63.3 Å². The molecule has 0 fully saturated rings. The van der Waals surface area contributed by atoms with E-state index in [-0.39, 0.29) is 0 Å². The molecule has 3 aromatic rings. The van der Waals surface area contributed by atoms with Crippen LogP contribution in [0.5, 0.6) is 0 Å². The highest BCUT2D eigenvalue weighted by atomic mass is 16.3. The van der Waals surface area contributed by atoms with E-state index in [1.54, 1.807) is 37.0 Å². The quantitative estimate of drug-likeness (QED) is 0.774. The Morgan fingerprint density at radius 2 is 1.70 bits per heavy atom. The second-order valence-corrected chi connectivity index (χ2v) is 4.94. The molecule has 0 saturated carbocycles. The number of rotatable bonds is 2. The number of aromatic nitrogens is 4. The fourth-order valence-corrected chi connectivity index (χ4v) is 1.95. The Bertz CT molecular complexity index is 712. The van der Waals surface area contributed by atoms with Crippen LogP contribution >= 0.6 is 0 Å². The smallest absolute Gasteiger partial charge is 0.162 e. The van der Waals surface area contributed by atoms with E-state index in [1.807, 2.05) is 52.1 Å². The van der Waals surface area contributed by atoms with Gasteiger partial charge in [0.2, 0.25) is 0 Å². The Morgan fingerprint density at radius 1 is 1.00 bits per heavy atom. The fraction of sp³-hybridized carbons (Fsp3) is 0.389. The van der Waals surface area contributed by atoms with Gasteiger partial charge in [0.1, 0.15) is 5.60 Å². The summed E-state index contributed by atoms with van der Waals surface area (Å²) < 4.78 is 1.72. The van der Waals surface area contributed by atoms with Gasteiger partial charge in [-0.15, -0.1) is 0 Å². The van der Waals surface area contributed by atoms with Crippen LogP contribution in [0.3, 0.4) is 0 Å². The van der Waals surface area contributed by atoms with Gasteiger partial charge < -0.3 is 5.11 Å². The number of nitrogens with zero attached hydrogens (tertiary/aromatic N) is 4. The monoisotopic (exact) mass is 314 g/mol. The lowest BCUT2D eigenvalue weighted by atomic mass is 10.0. The van der Waals surface area contributed by atoms with Crippen molar-refractivity contribution in [2.45, 2.75) is 47.1 Å². The summed E-state index contributed by atoms with van der Waals surface area (Å²) in [4.78, 5) is 8.61. The van der Waals surface area contributed by atoms with Gasteiger partial charge in [-0.1, -0.05) is 33.8 Å². The largest absolute Gasteiger partial charge is 0.384 e. The predicted molar refractivity (Wildman–Crippen MR) is 94.2 cm³/mol. The number of aliphatic hydroxyl groups is 1. The fourth-order valence-electron chi connectivity index (χ4n) is 1.95. The third kappa shape index (κ3) is 4.36. The lowest BCUT2D eigenvalue weighted by Crippen LogP contribution is -2.17. The molecule has 0 bridgehead atoms. The molecule has 0 radical (unpaired) electrons. The third-order valence-electron chi connectivity index (χ3n) is 2.98. The highest BCUT2D eigenvalue weighted by Crippen LogP contribution is 2.24. The summed E-state index contributed by atoms with van der Waals surface area (Å²) >= 11 is 0. The summed E-state index contributed by atoms with van der Waals surface area (Å²) in [7, 11) is 0. The number of hydrogen-bond donors (Lipinski definition) is 1. The van der Waals surface area contributed by atoms with E-state index in [1.165, 1.54) is 0 Å². The van der Waals surface area contributed by atoms with Gasteiger partial charge >= 0.3 is 0 Å². The van der Waals surface area contributed by atoms with Crippen molar-refractivity contribution in [3.05, 3.63) is 48.7 Å². The molecule has 0 unspecified atom stereocenters. The predicted octanol–water partition coefficient (Wildman–Crippen LogP) is 4.07. The van der Waals surface area contributed by atoms with E-state index in [0.717, 1.165) is 16.8 Å². The van der Waals surface area contributed by atoms with E-state index >= 15 is 0 Å². The van der Waals surface area contributed by atoms with Gasteiger partial charge in [-0.25, -0.2) is 9.50 Å². The van der Waals surface area contributed by atoms with Crippen LogP contribution in [0.2, 0.25) is 0 Å². The summed E-state index contributed by atoms with van der Waals surface area (Å²) in [5, 5.41) is 14.1. The second-order valence-electron chi connectivity index (χ2n) is 4.94. The summed E-state index contributed by atoms with van der Waals surface area (Å²) in [6.45, 7) is 11.4. The first-order chi connectivity index (χ1) is 11.1. The standard InChI is InChI=1S/C14H14N4O.2C2H6/c1-14(2,19)12-5-4-10(8-16-12)11-9-17-18-7-3-6-15-13(11)18;2*1-2/h3-9,19H,1-2H3;2*1-2H3. The minimum absolute atomic E-state index is 0.640. The van der Waals surface area contributed by atoms with Crippen molar-refractivity contribution in [1.82, 2.24) is 19.6 Å². The molecule has 0 saturated heterocycles. The minimum Gasteiger partial charge on any atom is -0.384 e. The molecule has 0 aliphatic heterocycles. The van der Waals surface area contributed by atoms with Crippen LogP contribution < -0.4 is 0 Å². The maximum atomic E-state index is 9.89. The number of fused-ring (bicyclic) bond motifs is 1. The lowest BCUT2D eigenvalue weighted by Gasteiger charge is -2.16. The molecule has 0 aliphatic rings. The highest BCUT2D eigenvalue weighted by molar-refractivity contribution is 5.76. The van der Waals surface area contributed by atoms with Crippen LogP contribution in [0.15, 0.2) is 43.0 Å². The van der Waals surface area contributed by atoms with Crippen molar-refractivity contribution in [2.75, 3.05) is 0 Å². The molecule has 0 aliphatic carbocycles. The first kappa shape index (κ1) is 18.8. The third-order valence-corrected chi connectivity index (χ3v) is 2.98. The van der Waals surface area contributed by atoms with E-state index in [0.29, 0.717) is 5.69 Å². The van der Waals surface area contributed by atoms with Crippen molar-refractivity contribution >= 4 is 5.65 Å². The zero-order chi connectivity index (χ0) is 17.5. The van der Waals surface area contributed by atoms with Gasteiger partial charge in [0.05, 0.1) is 11.9 Å². The van der Waals surface area contributed by atoms with Crippen LogP contribution in [-0.2, 0) is 5.60 Å². The van der Waals surface area contributed by atoms with Gasteiger partial charge in [-0.05, 0) is 26.0 Å². The van der Waals surface area contributed by atoms with E-state index < -0.39 is 5.60 Å². The molecule has 0 amide bonds. The van der Waals surface area contributed by atoms with Crippen molar-refractivity contribution in [2.24, 2.45) is 0 Å². The zero-order valence-electron chi connectivity index (χ0n) is 14.8. The molecule has 3 aromatic heterocycles. The Balaban J connectivity index is 0.000000615. The number of hydrogen-bond acceptors (Lipinski definition) is 4. The van der Waals surface area contributed by atoms with Crippen LogP contribution in [-0.4, -0.2) is 24.7 Å². The normalized spacial score (nSPS) is 10.4. The zero-order valence-corrected chi connectivity index (χ0v) is 14.8. The maximum absolute atomic E-state index is 9.89. The van der Waals surface area contributed by atoms with Crippen molar-refractivity contribution < 1.29 is 5.11 Å². The second kappa shape index (κ2) is 8.39. The molecule has 23 heavy (non-hydrogen) atoms. The summed E-state index contributed by atoms with van der Waals surface area (Å²) in [5.74, 6) is 0. The van der Waals surface area contributed by atoms with Gasteiger partial charge in [-0.2, -0.15) is 5.10 Å². The lowest BCUT2D eigenvalue weighted by molar-refractivity contribution is 0.0739. The molecular weight excluding hydrogens is 288 g/mol. The van der Waals surface area contributed by atoms with Crippen LogP contribution in [0.25, 0.3) is 16.8 Å². The molecule has 124 valence electrons. The molecular formula is C18H26N4O. The molecule has 1 N–H and O–H groups in total. The molecule has 3 rings (SSSR count). The van der Waals surface area contributed by atoms with Gasteiger partial charge in [0.15, 0.2) is 5.65 Å². The van der Waals surface area contributed by atoms with Crippen LogP contribution in [0.1, 0.15) is 47.2 Å². The van der Waals surface area contributed by atoms with Gasteiger partial charge in [0, 0.05) is 29.7 Å². The Kier molecular flexibility index (Phi) is 6.85. The molecule has 0 spiro atoms. The van der Waals surface area contributed by atoms with E-state index in [2.05, 4.69) is 15.1 Å². The van der Waals surface area contributed by atoms with Gasteiger partial charge in [0.25, 0.3) is 0 Å². The Morgan fingerprint density at radius 3 is 2.26 bits per heavy atom. The van der Waals surface area contributed by atoms with E-state index in [9.17, 15) is 5.11 Å². The number of pyridine rings is 1. The average Bonchev–Trinajstić information content (AvgIpc) is 3.02. The molecule has 5 nitrogen and oxygen atoms in total. The van der Waals surface area contributed by atoms with E-state index in [4.69, 9.17) is 0 Å². The SMILES string of the molecule is CC.CC.CC(C)(O)c1ccc(-c2cnn3cccnc23)cn1. The molecule has 3 heterocycles. The summed E-state index contributed by atoms with van der Waals surface area (Å²) in [6.07, 6.45) is 7.09. The van der Waals surface area contributed by atoms with Crippen LogP contribution in [0, 0.1) is 0 Å². The molecule has 5 heteroatoms. The first-order valence-corrected chi connectivity index (χ1v) is 8.03.